The van der Waals surface area contributed by atoms with Crippen molar-refractivity contribution in [1.29, 1.82) is 0 Å². The highest BCUT2D eigenvalue weighted by molar-refractivity contribution is 5.05. The third kappa shape index (κ3) is 5.00. The highest BCUT2D eigenvalue weighted by Crippen LogP contribution is 2.06. The average molecular weight is 210 g/mol. The molecule has 0 fully saturated rings. The van der Waals surface area contributed by atoms with E-state index in [9.17, 15) is 0 Å². The second kappa shape index (κ2) is 6.64. The van der Waals surface area contributed by atoms with E-state index in [4.69, 9.17) is 10.2 Å². The van der Waals surface area contributed by atoms with Crippen molar-refractivity contribution in [3.8, 4) is 0 Å². The van der Waals surface area contributed by atoms with Gasteiger partial charge in [-0.1, -0.05) is 6.92 Å². The summed E-state index contributed by atoms with van der Waals surface area (Å²) >= 11 is 0. The summed E-state index contributed by atoms with van der Waals surface area (Å²) in [5.74, 6) is 2.71. The molecule has 1 unspecified atom stereocenters. The molecule has 15 heavy (non-hydrogen) atoms. The minimum absolute atomic E-state index is 0.660. The molecule has 0 aliphatic rings. The van der Waals surface area contributed by atoms with E-state index in [0.29, 0.717) is 5.92 Å². The van der Waals surface area contributed by atoms with Gasteiger partial charge in [-0.15, -0.1) is 0 Å². The predicted molar refractivity (Wildman–Crippen MR) is 62.9 cm³/mol. The molecule has 0 saturated heterocycles. The number of furan rings is 1. The van der Waals surface area contributed by atoms with Crippen molar-refractivity contribution >= 4 is 0 Å². The molecule has 3 N–H and O–H groups in total. The molecule has 0 aliphatic heterocycles. The maximum absolute atomic E-state index is 5.48. The number of nitrogens with one attached hydrogen (secondary N) is 1. The summed E-state index contributed by atoms with van der Waals surface area (Å²) in [5.41, 5.74) is 5.48. The number of aryl methyl sites for hydroxylation is 1. The summed E-state index contributed by atoms with van der Waals surface area (Å²) in [5, 5.41) is 3.41. The van der Waals surface area contributed by atoms with Gasteiger partial charge in [-0.2, -0.15) is 0 Å². The molecule has 1 aromatic heterocycles. The Morgan fingerprint density at radius 2 is 2.27 bits per heavy atom. The zero-order valence-electron chi connectivity index (χ0n) is 9.75. The van der Waals surface area contributed by atoms with Crippen LogP contribution in [0.25, 0.3) is 0 Å². The van der Waals surface area contributed by atoms with Crippen LogP contribution in [0.4, 0.5) is 0 Å². The summed E-state index contributed by atoms with van der Waals surface area (Å²) in [7, 11) is 0. The van der Waals surface area contributed by atoms with E-state index in [1.54, 1.807) is 0 Å². The normalized spacial score (nSPS) is 13.0. The third-order valence-electron chi connectivity index (χ3n) is 2.50. The van der Waals surface area contributed by atoms with E-state index in [-0.39, 0.29) is 0 Å². The minimum atomic E-state index is 0.660. The zero-order valence-corrected chi connectivity index (χ0v) is 9.75. The van der Waals surface area contributed by atoms with Crippen LogP contribution >= 0.6 is 0 Å². The summed E-state index contributed by atoms with van der Waals surface area (Å²) < 4.78 is 5.48. The van der Waals surface area contributed by atoms with E-state index in [0.717, 1.165) is 44.0 Å². The lowest BCUT2D eigenvalue weighted by Crippen LogP contribution is -2.24. The Kier molecular flexibility index (Phi) is 5.43. The van der Waals surface area contributed by atoms with Crippen molar-refractivity contribution in [2.75, 3.05) is 19.6 Å². The number of nitrogens with two attached hydrogens (primary N) is 1. The van der Waals surface area contributed by atoms with Gasteiger partial charge in [0.15, 0.2) is 0 Å². The molecule has 1 aromatic rings. The van der Waals surface area contributed by atoms with Gasteiger partial charge in [0.25, 0.3) is 0 Å². The van der Waals surface area contributed by atoms with Gasteiger partial charge < -0.3 is 15.5 Å². The Labute approximate surface area is 92.0 Å². The first kappa shape index (κ1) is 12.3. The van der Waals surface area contributed by atoms with Crippen LogP contribution in [0, 0.1) is 12.8 Å². The smallest absolute Gasteiger partial charge is 0.105 e. The maximum Gasteiger partial charge on any atom is 0.105 e. The van der Waals surface area contributed by atoms with Crippen molar-refractivity contribution in [3.05, 3.63) is 23.7 Å². The first-order valence-electron chi connectivity index (χ1n) is 5.68. The molecule has 0 bridgehead atoms. The van der Waals surface area contributed by atoms with E-state index in [2.05, 4.69) is 12.2 Å². The SMILES string of the molecule is Cc1ccc(CCNCC(C)CCN)o1. The Morgan fingerprint density at radius 3 is 2.87 bits per heavy atom. The molecule has 1 rings (SSSR count). The molecule has 1 heterocycles. The van der Waals surface area contributed by atoms with Crippen LogP contribution in [0.3, 0.4) is 0 Å². The Morgan fingerprint density at radius 1 is 1.47 bits per heavy atom. The monoisotopic (exact) mass is 210 g/mol. The summed E-state index contributed by atoms with van der Waals surface area (Å²) in [4.78, 5) is 0. The number of rotatable bonds is 7. The van der Waals surface area contributed by atoms with Crippen LogP contribution in [-0.2, 0) is 6.42 Å². The van der Waals surface area contributed by atoms with Crippen LogP contribution in [-0.4, -0.2) is 19.6 Å². The lowest BCUT2D eigenvalue weighted by molar-refractivity contribution is 0.455. The lowest BCUT2D eigenvalue weighted by Gasteiger charge is -2.10. The predicted octanol–water partition coefficient (Wildman–Crippen LogP) is 1.71. The van der Waals surface area contributed by atoms with Crippen molar-refractivity contribution in [2.45, 2.75) is 26.7 Å². The molecule has 0 spiro atoms. The Hall–Kier alpha value is -0.800. The number of hydrogen-bond acceptors (Lipinski definition) is 3. The molecular formula is C12H22N2O. The second-order valence-electron chi connectivity index (χ2n) is 4.15. The number of hydrogen-bond donors (Lipinski definition) is 2. The molecular weight excluding hydrogens is 188 g/mol. The average Bonchev–Trinajstić information content (AvgIpc) is 2.60. The Bertz CT molecular complexity index is 270. The molecule has 3 nitrogen and oxygen atoms in total. The first-order chi connectivity index (χ1) is 7.22. The molecule has 0 amide bonds. The summed E-state index contributed by atoms with van der Waals surface area (Å²) in [6, 6.07) is 4.05. The van der Waals surface area contributed by atoms with E-state index in [1.807, 2.05) is 19.1 Å². The third-order valence-corrected chi connectivity index (χ3v) is 2.50. The first-order valence-corrected chi connectivity index (χ1v) is 5.68. The van der Waals surface area contributed by atoms with Crippen LogP contribution in [0.5, 0.6) is 0 Å². The Balaban J connectivity index is 2.06. The fourth-order valence-electron chi connectivity index (χ4n) is 1.57. The quantitative estimate of drug-likeness (QED) is 0.674. The van der Waals surface area contributed by atoms with Gasteiger partial charge in [-0.25, -0.2) is 0 Å². The highest BCUT2D eigenvalue weighted by Gasteiger charge is 2.01. The topological polar surface area (TPSA) is 51.2 Å². The van der Waals surface area contributed by atoms with Crippen LogP contribution in [0.2, 0.25) is 0 Å². The maximum atomic E-state index is 5.48. The van der Waals surface area contributed by atoms with Crippen LogP contribution in [0.1, 0.15) is 24.9 Å². The zero-order chi connectivity index (χ0) is 11.1. The van der Waals surface area contributed by atoms with Gasteiger partial charge in [0, 0.05) is 13.0 Å². The van der Waals surface area contributed by atoms with E-state index < -0.39 is 0 Å². The van der Waals surface area contributed by atoms with Gasteiger partial charge in [-0.3, -0.25) is 0 Å². The summed E-state index contributed by atoms with van der Waals surface area (Å²) in [6.45, 7) is 6.98. The molecule has 86 valence electrons. The molecule has 0 aromatic carbocycles. The van der Waals surface area contributed by atoms with Crippen molar-refractivity contribution < 1.29 is 4.42 Å². The second-order valence-corrected chi connectivity index (χ2v) is 4.15. The largest absolute Gasteiger partial charge is 0.466 e. The van der Waals surface area contributed by atoms with Gasteiger partial charge in [0.1, 0.15) is 11.5 Å². The molecule has 0 saturated carbocycles. The fourth-order valence-corrected chi connectivity index (χ4v) is 1.57. The molecule has 0 radical (unpaired) electrons. The van der Waals surface area contributed by atoms with Gasteiger partial charge in [0.05, 0.1) is 0 Å². The van der Waals surface area contributed by atoms with Crippen LogP contribution in [0.15, 0.2) is 16.5 Å². The van der Waals surface area contributed by atoms with Gasteiger partial charge in [0.2, 0.25) is 0 Å². The highest BCUT2D eigenvalue weighted by atomic mass is 16.3. The minimum Gasteiger partial charge on any atom is -0.466 e. The van der Waals surface area contributed by atoms with E-state index in [1.165, 1.54) is 0 Å². The van der Waals surface area contributed by atoms with Crippen molar-refractivity contribution in [1.82, 2.24) is 5.32 Å². The van der Waals surface area contributed by atoms with Gasteiger partial charge >= 0.3 is 0 Å². The molecule has 3 heteroatoms. The standard InChI is InChI=1S/C12H22N2O/c1-10(5-7-13)9-14-8-6-12-4-3-11(2)15-12/h3-4,10,14H,5-9,13H2,1-2H3. The van der Waals surface area contributed by atoms with E-state index >= 15 is 0 Å². The molecule has 1 atom stereocenters. The lowest BCUT2D eigenvalue weighted by atomic mass is 10.1. The van der Waals surface area contributed by atoms with Gasteiger partial charge in [-0.05, 0) is 44.5 Å². The van der Waals surface area contributed by atoms with Crippen LogP contribution < -0.4 is 11.1 Å². The van der Waals surface area contributed by atoms with Crippen molar-refractivity contribution in [3.63, 3.8) is 0 Å². The molecule has 0 aliphatic carbocycles. The fraction of sp³-hybridized carbons (Fsp3) is 0.667. The van der Waals surface area contributed by atoms with Crippen molar-refractivity contribution in [2.24, 2.45) is 11.7 Å². The summed E-state index contributed by atoms with van der Waals surface area (Å²) in [6.07, 6.45) is 2.05.